The monoisotopic (exact) mass is 268 g/mol. The quantitative estimate of drug-likeness (QED) is 0.506. The third-order valence-corrected chi connectivity index (χ3v) is 3.46. The van der Waals surface area contributed by atoms with Gasteiger partial charge in [-0.25, -0.2) is 8.78 Å². The van der Waals surface area contributed by atoms with Crippen LogP contribution in [0, 0.1) is 11.6 Å². The van der Waals surface area contributed by atoms with E-state index >= 15 is 0 Å². The SMILES string of the molecule is Fc1ccc2cc(-c3cc4ccc(F)cc4[nH]3)[nH]c2c1. The normalized spacial score (nSPS) is 11.5. The van der Waals surface area contributed by atoms with Crippen molar-refractivity contribution >= 4 is 21.8 Å². The molecule has 2 aromatic carbocycles. The molecule has 4 rings (SSSR count). The number of aromatic nitrogens is 2. The minimum absolute atomic E-state index is 0.274. The molecule has 20 heavy (non-hydrogen) atoms. The topological polar surface area (TPSA) is 31.6 Å². The summed E-state index contributed by atoms with van der Waals surface area (Å²) in [6.07, 6.45) is 0. The summed E-state index contributed by atoms with van der Waals surface area (Å²) in [7, 11) is 0. The molecule has 0 spiro atoms. The van der Waals surface area contributed by atoms with Crippen LogP contribution >= 0.6 is 0 Å². The first-order valence-corrected chi connectivity index (χ1v) is 6.26. The lowest BCUT2D eigenvalue weighted by atomic mass is 10.2. The highest BCUT2D eigenvalue weighted by molar-refractivity contribution is 5.89. The van der Waals surface area contributed by atoms with Gasteiger partial charge in [-0.05, 0) is 48.5 Å². The van der Waals surface area contributed by atoms with Gasteiger partial charge in [0.05, 0.1) is 11.4 Å². The molecule has 4 heteroatoms. The molecule has 0 aliphatic heterocycles. The van der Waals surface area contributed by atoms with E-state index in [9.17, 15) is 8.78 Å². The van der Waals surface area contributed by atoms with Crippen molar-refractivity contribution in [2.75, 3.05) is 0 Å². The van der Waals surface area contributed by atoms with Crippen LogP contribution in [-0.4, -0.2) is 9.97 Å². The van der Waals surface area contributed by atoms with E-state index in [1.54, 1.807) is 12.1 Å². The number of hydrogen-bond donors (Lipinski definition) is 2. The molecule has 2 aromatic heterocycles. The number of H-pyrrole nitrogens is 2. The Labute approximate surface area is 113 Å². The molecular formula is C16H10F2N2. The van der Waals surface area contributed by atoms with Gasteiger partial charge in [0.15, 0.2) is 0 Å². The fraction of sp³-hybridized carbons (Fsp3) is 0. The summed E-state index contributed by atoms with van der Waals surface area (Å²) in [5.41, 5.74) is 3.18. The third kappa shape index (κ3) is 1.69. The largest absolute Gasteiger partial charge is 0.353 e. The summed E-state index contributed by atoms with van der Waals surface area (Å²) in [6.45, 7) is 0. The fourth-order valence-electron chi connectivity index (χ4n) is 2.49. The first kappa shape index (κ1) is 11.2. The average Bonchev–Trinajstić information content (AvgIpc) is 3.00. The van der Waals surface area contributed by atoms with Gasteiger partial charge in [0, 0.05) is 21.8 Å². The van der Waals surface area contributed by atoms with Crippen molar-refractivity contribution in [2.24, 2.45) is 0 Å². The van der Waals surface area contributed by atoms with E-state index in [2.05, 4.69) is 9.97 Å². The van der Waals surface area contributed by atoms with Gasteiger partial charge in [0.2, 0.25) is 0 Å². The first-order chi connectivity index (χ1) is 9.69. The Bertz CT molecular complexity index is 856. The second kappa shape index (κ2) is 3.93. The molecule has 2 N–H and O–H groups in total. The van der Waals surface area contributed by atoms with Crippen LogP contribution in [-0.2, 0) is 0 Å². The fourth-order valence-corrected chi connectivity index (χ4v) is 2.49. The number of fused-ring (bicyclic) bond motifs is 2. The van der Waals surface area contributed by atoms with Crippen molar-refractivity contribution < 1.29 is 8.78 Å². The number of benzene rings is 2. The molecule has 0 radical (unpaired) electrons. The van der Waals surface area contributed by atoms with Crippen LogP contribution in [0.25, 0.3) is 33.2 Å². The van der Waals surface area contributed by atoms with Gasteiger partial charge in [0.25, 0.3) is 0 Å². The Morgan fingerprint density at radius 3 is 1.50 bits per heavy atom. The van der Waals surface area contributed by atoms with E-state index in [0.29, 0.717) is 0 Å². The van der Waals surface area contributed by atoms with Gasteiger partial charge in [-0.15, -0.1) is 0 Å². The maximum atomic E-state index is 13.2. The van der Waals surface area contributed by atoms with E-state index < -0.39 is 0 Å². The van der Waals surface area contributed by atoms with Crippen LogP contribution in [0.15, 0.2) is 48.5 Å². The molecule has 0 amide bonds. The van der Waals surface area contributed by atoms with Gasteiger partial charge < -0.3 is 9.97 Å². The highest BCUT2D eigenvalue weighted by atomic mass is 19.1. The van der Waals surface area contributed by atoms with Gasteiger partial charge in [-0.1, -0.05) is 0 Å². The zero-order valence-corrected chi connectivity index (χ0v) is 10.4. The predicted molar refractivity (Wildman–Crippen MR) is 75.5 cm³/mol. The van der Waals surface area contributed by atoms with Crippen molar-refractivity contribution in [1.29, 1.82) is 0 Å². The Kier molecular flexibility index (Phi) is 2.21. The number of rotatable bonds is 1. The van der Waals surface area contributed by atoms with Crippen LogP contribution in [0.3, 0.4) is 0 Å². The van der Waals surface area contributed by atoms with Gasteiger partial charge in [0.1, 0.15) is 11.6 Å². The summed E-state index contributed by atoms with van der Waals surface area (Å²) in [5, 5.41) is 1.87. The van der Waals surface area contributed by atoms with E-state index in [0.717, 1.165) is 33.2 Å². The summed E-state index contributed by atoms with van der Waals surface area (Å²) >= 11 is 0. The molecule has 4 aromatic rings. The van der Waals surface area contributed by atoms with Gasteiger partial charge >= 0.3 is 0 Å². The van der Waals surface area contributed by atoms with Crippen molar-refractivity contribution in [3.63, 3.8) is 0 Å². The minimum Gasteiger partial charge on any atom is -0.353 e. The van der Waals surface area contributed by atoms with Crippen molar-refractivity contribution in [2.45, 2.75) is 0 Å². The van der Waals surface area contributed by atoms with E-state index in [4.69, 9.17) is 0 Å². The number of aromatic amines is 2. The number of hydrogen-bond acceptors (Lipinski definition) is 0. The Morgan fingerprint density at radius 1 is 0.600 bits per heavy atom. The molecule has 0 atom stereocenters. The molecule has 0 fully saturated rings. The van der Waals surface area contributed by atoms with Crippen LogP contribution < -0.4 is 0 Å². The summed E-state index contributed by atoms with van der Waals surface area (Å²) in [6, 6.07) is 13.1. The molecule has 98 valence electrons. The van der Waals surface area contributed by atoms with Gasteiger partial charge in [-0.2, -0.15) is 0 Å². The molecule has 2 nitrogen and oxygen atoms in total. The number of nitrogens with one attached hydrogen (secondary N) is 2. The van der Waals surface area contributed by atoms with Crippen LogP contribution in [0.5, 0.6) is 0 Å². The molecule has 0 saturated heterocycles. The van der Waals surface area contributed by atoms with Gasteiger partial charge in [-0.3, -0.25) is 0 Å². The Hall–Kier alpha value is -2.62. The van der Waals surface area contributed by atoms with Crippen molar-refractivity contribution in [3.8, 4) is 11.4 Å². The summed E-state index contributed by atoms with van der Waals surface area (Å²) < 4.78 is 26.4. The Balaban J connectivity index is 1.91. The molecule has 0 bridgehead atoms. The lowest BCUT2D eigenvalue weighted by Crippen LogP contribution is -1.76. The molecule has 0 unspecified atom stereocenters. The molecular weight excluding hydrogens is 258 g/mol. The van der Waals surface area contributed by atoms with E-state index in [-0.39, 0.29) is 11.6 Å². The third-order valence-electron chi connectivity index (χ3n) is 3.46. The molecule has 2 heterocycles. The van der Waals surface area contributed by atoms with E-state index in [1.165, 1.54) is 24.3 Å². The van der Waals surface area contributed by atoms with Crippen molar-refractivity contribution in [1.82, 2.24) is 9.97 Å². The standard InChI is InChI=1S/C16H10F2N2/c17-11-3-1-9-5-15(19-13(9)7-11)16-6-10-2-4-12(18)8-14(10)20-16/h1-8,19-20H. The van der Waals surface area contributed by atoms with E-state index in [1.807, 2.05) is 12.1 Å². The minimum atomic E-state index is -0.274. The lowest BCUT2D eigenvalue weighted by molar-refractivity contribution is 0.629. The Morgan fingerprint density at radius 2 is 1.05 bits per heavy atom. The summed E-state index contributed by atoms with van der Waals surface area (Å²) in [4.78, 5) is 6.33. The maximum Gasteiger partial charge on any atom is 0.125 e. The lowest BCUT2D eigenvalue weighted by Gasteiger charge is -1.91. The summed E-state index contributed by atoms with van der Waals surface area (Å²) in [5.74, 6) is -0.547. The maximum absolute atomic E-state index is 13.2. The second-order valence-corrected chi connectivity index (χ2v) is 4.83. The molecule has 0 aliphatic carbocycles. The van der Waals surface area contributed by atoms with Crippen LogP contribution in [0.1, 0.15) is 0 Å². The number of halogens is 2. The zero-order chi connectivity index (χ0) is 13.7. The van der Waals surface area contributed by atoms with Crippen molar-refractivity contribution in [3.05, 3.63) is 60.2 Å². The zero-order valence-electron chi connectivity index (χ0n) is 10.4. The first-order valence-electron chi connectivity index (χ1n) is 6.26. The van der Waals surface area contributed by atoms with Crippen LogP contribution in [0.4, 0.5) is 8.78 Å². The molecule has 0 aliphatic rings. The highest BCUT2D eigenvalue weighted by Gasteiger charge is 2.08. The highest BCUT2D eigenvalue weighted by Crippen LogP contribution is 2.27. The predicted octanol–water partition coefficient (Wildman–Crippen LogP) is 4.59. The molecule has 0 saturated carbocycles. The second-order valence-electron chi connectivity index (χ2n) is 4.83. The van der Waals surface area contributed by atoms with Crippen LogP contribution in [0.2, 0.25) is 0 Å². The average molecular weight is 268 g/mol. The smallest absolute Gasteiger partial charge is 0.125 e.